The SMILES string of the molecule is CCCCN(C=O)c1ccc(C)c(Nc2nc(=O)c(OC)cn2Cc2cc(F)cc(F)c2)c1. The number of hydrogen-bond donors (Lipinski definition) is 1. The van der Waals surface area contributed by atoms with E-state index >= 15 is 0 Å². The molecular formula is C24H26F2N4O3. The third kappa shape index (κ3) is 5.94. The van der Waals surface area contributed by atoms with Crippen molar-refractivity contribution in [2.24, 2.45) is 0 Å². The molecule has 3 aromatic rings. The first kappa shape index (κ1) is 23.9. The number of nitrogens with zero attached hydrogens (tertiary/aromatic N) is 3. The number of carbonyl (C=O) groups is 1. The third-order valence-electron chi connectivity index (χ3n) is 5.14. The zero-order valence-electron chi connectivity index (χ0n) is 18.8. The van der Waals surface area contributed by atoms with Crippen molar-refractivity contribution in [3.05, 3.63) is 75.7 Å². The second-order valence-corrected chi connectivity index (χ2v) is 7.62. The van der Waals surface area contributed by atoms with Crippen LogP contribution in [0, 0.1) is 18.6 Å². The Morgan fingerprint density at radius 2 is 1.91 bits per heavy atom. The van der Waals surface area contributed by atoms with Gasteiger partial charge in [-0.05, 0) is 48.7 Å². The number of benzene rings is 2. The molecule has 0 aliphatic rings. The predicted molar refractivity (Wildman–Crippen MR) is 123 cm³/mol. The van der Waals surface area contributed by atoms with Crippen LogP contribution < -0.4 is 20.5 Å². The fraction of sp³-hybridized carbons (Fsp3) is 0.292. The van der Waals surface area contributed by atoms with E-state index in [9.17, 15) is 18.4 Å². The Balaban J connectivity index is 2.00. The summed E-state index contributed by atoms with van der Waals surface area (Å²) in [6, 6.07) is 8.70. The quantitative estimate of drug-likeness (QED) is 0.458. The van der Waals surface area contributed by atoms with Gasteiger partial charge in [-0.2, -0.15) is 4.98 Å². The largest absolute Gasteiger partial charge is 0.490 e. The summed E-state index contributed by atoms with van der Waals surface area (Å²) in [6.45, 7) is 4.54. The molecule has 3 rings (SSSR count). The van der Waals surface area contributed by atoms with Gasteiger partial charge in [-0.3, -0.25) is 9.59 Å². The van der Waals surface area contributed by atoms with Crippen molar-refractivity contribution in [3.8, 4) is 5.75 Å². The number of aromatic nitrogens is 2. The molecule has 0 bridgehead atoms. The Morgan fingerprint density at radius 3 is 2.55 bits per heavy atom. The van der Waals surface area contributed by atoms with Crippen LogP contribution in [0.3, 0.4) is 0 Å². The minimum Gasteiger partial charge on any atom is -0.490 e. The number of unbranched alkanes of at least 4 members (excludes halogenated alkanes) is 1. The zero-order chi connectivity index (χ0) is 24.0. The van der Waals surface area contributed by atoms with Gasteiger partial charge in [-0.25, -0.2) is 8.78 Å². The molecule has 174 valence electrons. The lowest BCUT2D eigenvalue weighted by molar-refractivity contribution is -0.107. The van der Waals surface area contributed by atoms with Gasteiger partial charge < -0.3 is 19.5 Å². The first-order chi connectivity index (χ1) is 15.8. The molecule has 0 aliphatic carbocycles. The highest BCUT2D eigenvalue weighted by Crippen LogP contribution is 2.26. The maximum absolute atomic E-state index is 13.7. The third-order valence-corrected chi connectivity index (χ3v) is 5.14. The molecule has 2 aromatic carbocycles. The van der Waals surface area contributed by atoms with Gasteiger partial charge in [0.25, 0.3) is 0 Å². The van der Waals surface area contributed by atoms with Crippen molar-refractivity contribution in [2.75, 3.05) is 23.9 Å². The first-order valence-corrected chi connectivity index (χ1v) is 10.5. The molecule has 7 nitrogen and oxygen atoms in total. The maximum Gasteiger partial charge on any atom is 0.316 e. The van der Waals surface area contributed by atoms with E-state index in [1.54, 1.807) is 11.0 Å². The minimum absolute atomic E-state index is 0.00501. The van der Waals surface area contributed by atoms with Gasteiger partial charge in [0.2, 0.25) is 18.1 Å². The minimum atomic E-state index is -0.704. The number of nitrogens with one attached hydrogen (secondary N) is 1. The standard InChI is InChI=1S/C24H26F2N4O3/c1-4-5-8-29(15-31)20-7-6-16(2)21(12-20)27-24-28-23(32)22(33-3)14-30(24)13-17-9-18(25)11-19(26)10-17/h6-7,9-12,14-15H,4-5,8,13H2,1-3H3,(H,27,28,32). The van der Waals surface area contributed by atoms with E-state index < -0.39 is 17.2 Å². The van der Waals surface area contributed by atoms with Gasteiger partial charge >= 0.3 is 5.56 Å². The van der Waals surface area contributed by atoms with Crippen LogP contribution in [-0.4, -0.2) is 29.6 Å². The molecular weight excluding hydrogens is 430 g/mol. The van der Waals surface area contributed by atoms with Crippen LogP contribution in [0.5, 0.6) is 5.75 Å². The molecule has 0 saturated carbocycles. The molecule has 0 fully saturated rings. The van der Waals surface area contributed by atoms with Crippen LogP contribution in [0.25, 0.3) is 0 Å². The molecule has 0 unspecified atom stereocenters. The molecule has 0 aliphatic heterocycles. The fourth-order valence-corrected chi connectivity index (χ4v) is 3.35. The van der Waals surface area contributed by atoms with Crippen molar-refractivity contribution in [1.29, 1.82) is 0 Å². The Morgan fingerprint density at radius 1 is 1.18 bits per heavy atom. The van der Waals surface area contributed by atoms with Crippen LogP contribution in [0.2, 0.25) is 0 Å². The molecule has 0 saturated heterocycles. The Kier molecular flexibility index (Phi) is 7.76. The van der Waals surface area contributed by atoms with E-state index in [1.165, 1.54) is 30.0 Å². The molecule has 1 N–H and O–H groups in total. The van der Waals surface area contributed by atoms with Crippen LogP contribution in [0.4, 0.5) is 26.1 Å². The number of amides is 1. The number of aryl methyl sites for hydroxylation is 1. The highest BCUT2D eigenvalue weighted by Gasteiger charge is 2.14. The summed E-state index contributed by atoms with van der Waals surface area (Å²) in [4.78, 5) is 29.6. The molecule has 0 atom stereocenters. The number of methoxy groups -OCH3 is 1. The summed E-state index contributed by atoms with van der Waals surface area (Å²) in [5.74, 6) is -1.25. The van der Waals surface area contributed by atoms with Crippen LogP contribution in [0.1, 0.15) is 30.9 Å². The number of carbonyl (C=O) groups excluding carboxylic acids is 1. The highest BCUT2D eigenvalue weighted by molar-refractivity contribution is 5.78. The molecule has 1 amide bonds. The molecule has 0 radical (unpaired) electrons. The average Bonchev–Trinajstić information content (AvgIpc) is 2.77. The lowest BCUT2D eigenvalue weighted by Gasteiger charge is -2.20. The average molecular weight is 456 g/mol. The number of hydrogen-bond acceptors (Lipinski definition) is 5. The topological polar surface area (TPSA) is 76.5 Å². The summed E-state index contributed by atoms with van der Waals surface area (Å²) in [6.07, 6.45) is 4.02. The monoisotopic (exact) mass is 456 g/mol. The summed E-state index contributed by atoms with van der Waals surface area (Å²) < 4.78 is 34.0. The van der Waals surface area contributed by atoms with Crippen LogP contribution in [0.15, 0.2) is 47.4 Å². The Labute approximate surface area is 190 Å². The summed E-state index contributed by atoms with van der Waals surface area (Å²) in [5.41, 5.74) is 1.94. The van der Waals surface area contributed by atoms with Crippen molar-refractivity contribution in [2.45, 2.75) is 33.2 Å². The van der Waals surface area contributed by atoms with Gasteiger partial charge in [-0.1, -0.05) is 19.4 Å². The van der Waals surface area contributed by atoms with Gasteiger partial charge in [0.15, 0.2) is 0 Å². The fourth-order valence-electron chi connectivity index (χ4n) is 3.35. The summed E-state index contributed by atoms with van der Waals surface area (Å²) in [5, 5.41) is 3.12. The van der Waals surface area contributed by atoms with Crippen molar-refractivity contribution >= 4 is 23.7 Å². The van der Waals surface area contributed by atoms with E-state index in [-0.39, 0.29) is 18.2 Å². The van der Waals surface area contributed by atoms with Gasteiger partial charge in [0, 0.05) is 24.0 Å². The lowest BCUT2D eigenvalue weighted by atomic mass is 10.1. The van der Waals surface area contributed by atoms with E-state index in [4.69, 9.17) is 4.74 Å². The Bertz CT molecular complexity index is 1180. The normalized spacial score (nSPS) is 10.7. The predicted octanol–water partition coefficient (Wildman–Crippen LogP) is 4.39. The number of rotatable bonds is 10. The Hall–Kier alpha value is -3.75. The van der Waals surface area contributed by atoms with Crippen molar-refractivity contribution in [1.82, 2.24) is 9.55 Å². The molecule has 33 heavy (non-hydrogen) atoms. The molecule has 0 spiro atoms. The lowest BCUT2D eigenvalue weighted by Crippen LogP contribution is -2.22. The second-order valence-electron chi connectivity index (χ2n) is 7.62. The second kappa shape index (κ2) is 10.7. The van der Waals surface area contributed by atoms with E-state index in [1.807, 2.05) is 26.0 Å². The molecule has 9 heteroatoms. The van der Waals surface area contributed by atoms with Crippen LogP contribution in [-0.2, 0) is 11.3 Å². The van der Waals surface area contributed by atoms with E-state index in [0.29, 0.717) is 23.5 Å². The number of halogens is 2. The van der Waals surface area contributed by atoms with Crippen LogP contribution >= 0.6 is 0 Å². The summed E-state index contributed by atoms with van der Waals surface area (Å²) in [7, 11) is 1.34. The smallest absolute Gasteiger partial charge is 0.316 e. The highest BCUT2D eigenvalue weighted by atomic mass is 19.1. The first-order valence-electron chi connectivity index (χ1n) is 10.5. The maximum atomic E-state index is 13.7. The van der Waals surface area contributed by atoms with Crippen molar-refractivity contribution in [3.63, 3.8) is 0 Å². The van der Waals surface area contributed by atoms with Crippen molar-refractivity contribution < 1.29 is 18.3 Å². The van der Waals surface area contributed by atoms with E-state index in [2.05, 4.69) is 10.3 Å². The summed E-state index contributed by atoms with van der Waals surface area (Å²) >= 11 is 0. The van der Waals surface area contributed by atoms with Gasteiger partial charge in [0.05, 0.1) is 19.9 Å². The number of ether oxygens (including phenoxy) is 1. The zero-order valence-corrected chi connectivity index (χ0v) is 18.8. The van der Waals surface area contributed by atoms with Gasteiger partial charge in [-0.15, -0.1) is 0 Å². The molecule has 1 aromatic heterocycles. The molecule has 1 heterocycles. The number of anilines is 3. The van der Waals surface area contributed by atoms with E-state index in [0.717, 1.165) is 30.9 Å². The van der Waals surface area contributed by atoms with Gasteiger partial charge in [0.1, 0.15) is 11.6 Å².